The fourth-order valence-corrected chi connectivity index (χ4v) is 3.99. The summed E-state index contributed by atoms with van der Waals surface area (Å²) in [4.78, 5) is 17.0. The Morgan fingerprint density at radius 1 is 0.967 bits per heavy atom. The molecule has 4 rings (SSSR count). The molecule has 1 aliphatic carbocycles. The van der Waals surface area contributed by atoms with E-state index in [-0.39, 0.29) is 24.5 Å². The number of pyridine rings is 1. The molecule has 0 saturated heterocycles. The molecule has 1 heterocycles. The summed E-state index contributed by atoms with van der Waals surface area (Å²) in [6.07, 6.45) is 3.18. The second-order valence-electron chi connectivity index (χ2n) is 7.60. The topological polar surface area (TPSA) is 54.0 Å². The summed E-state index contributed by atoms with van der Waals surface area (Å²) in [6, 6.07) is 13.7. The van der Waals surface area contributed by atoms with Gasteiger partial charge in [0.25, 0.3) is 5.91 Å². The number of anilines is 1. The van der Waals surface area contributed by atoms with E-state index in [1.54, 1.807) is 0 Å². The number of benzene rings is 2. The van der Waals surface area contributed by atoms with Gasteiger partial charge in [0.1, 0.15) is 23.0 Å². The molecule has 1 fully saturated rings. The summed E-state index contributed by atoms with van der Waals surface area (Å²) in [5.41, 5.74) is 1.62. The first-order chi connectivity index (χ1) is 14.0. The number of aromatic nitrogens is 1. The zero-order chi connectivity index (χ0) is 20.4. The highest BCUT2D eigenvalue weighted by molar-refractivity contribution is 5.95. The van der Waals surface area contributed by atoms with Gasteiger partial charge in [0.2, 0.25) is 0 Å². The lowest BCUT2D eigenvalue weighted by Gasteiger charge is -2.30. The average molecular weight is 432 g/mol. The first kappa shape index (κ1) is 22.0. The zero-order valence-corrected chi connectivity index (χ0v) is 17.4. The number of carbonyl (C=O) groups is 1. The van der Waals surface area contributed by atoms with Gasteiger partial charge in [-0.15, -0.1) is 12.4 Å². The molecule has 1 amide bonds. The fourth-order valence-electron chi connectivity index (χ4n) is 3.99. The summed E-state index contributed by atoms with van der Waals surface area (Å²) in [7, 11) is 0. The van der Waals surface area contributed by atoms with Crippen LogP contribution in [0.3, 0.4) is 0 Å². The Morgan fingerprint density at radius 2 is 1.60 bits per heavy atom. The lowest BCUT2D eigenvalue weighted by molar-refractivity contribution is 0.0918. The van der Waals surface area contributed by atoms with Crippen LogP contribution in [0.2, 0.25) is 0 Å². The number of hydrogen-bond donors (Lipinski definition) is 2. The minimum atomic E-state index is -0.837. The van der Waals surface area contributed by atoms with E-state index in [1.165, 1.54) is 11.6 Å². The van der Waals surface area contributed by atoms with Gasteiger partial charge < -0.3 is 10.6 Å². The molecule has 2 aromatic carbocycles. The van der Waals surface area contributed by atoms with Crippen molar-refractivity contribution in [1.29, 1.82) is 0 Å². The predicted octanol–water partition coefficient (Wildman–Crippen LogP) is 5.40. The third-order valence-corrected chi connectivity index (χ3v) is 5.53. The maximum atomic E-state index is 13.8. The number of carbonyl (C=O) groups excluding carboxylic acids is 1. The largest absolute Gasteiger partial charge is 0.367 e. The molecule has 30 heavy (non-hydrogen) atoms. The van der Waals surface area contributed by atoms with Crippen LogP contribution in [0.1, 0.15) is 41.6 Å². The Hall–Kier alpha value is -2.73. The number of para-hydroxylation sites is 1. The van der Waals surface area contributed by atoms with Gasteiger partial charge in [-0.05, 0) is 62.4 Å². The molecule has 4 nitrogen and oxygen atoms in total. The Morgan fingerprint density at radius 3 is 2.30 bits per heavy atom. The van der Waals surface area contributed by atoms with Crippen molar-refractivity contribution < 1.29 is 13.6 Å². The normalized spacial score (nSPS) is 18.5. The predicted molar refractivity (Wildman–Crippen MR) is 117 cm³/mol. The van der Waals surface area contributed by atoms with E-state index in [4.69, 9.17) is 4.98 Å². The van der Waals surface area contributed by atoms with Gasteiger partial charge in [0, 0.05) is 17.5 Å². The van der Waals surface area contributed by atoms with E-state index < -0.39 is 23.1 Å². The molecular weight excluding hydrogens is 408 g/mol. The lowest BCUT2D eigenvalue weighted by Crippen LogP contribution is -2.40. The molecule has 7 heteroatoms. The third-order valence-electron chi connectivity index (χ3n) is 5.53. The number of amides is 1. The van der Waals surface area contributed by atoms with E-state index in [0.717, 1.165) is 54.5 Å². The zero-order valence-electron chi connectivity index (χ0n) is 16.6. The minimum Gasteiger partial charge on any atom is -0.367 e. The molecule has 3 aromatic rings. The van der Waals surface area contributed by atoms with E-state index in [0.29, 0.717) is 0 Å². The Labute approximate surface area is 180 Å². The first-order valence-corrected chi connectivity index (χ1v) is 9.89. The summed E-state index contributed by atoms with van der Waals surface area (Å²) in [5, 5.41) is 7.41. The molecule has 0 radical (unpaired) electrons. The summed E-state index contributed by atoms with van der Waals surface area (Å²) in [6.45, 7) is 2.07. The molecule has 0 unspecified atom stereocenters. The number of nitrogens with zero attached hydrogens (tertiary/aromatic N) is 1. The van der Waals surface area contributed by atoms with Crippen molar-refractivity contribution >= 4 is 35.0 Å². The SMILES string of the molecule is Cc1cc(N[C@H]2CC[C@@H](NC(=O)c3c(F)cccc3F)CC2)nc2ccccc12.Cl. The third kappa shape index (κ3) is 4.70. The smallest absolute Gasteiger partial charge is 0.257 e. The Bertz CT molecular complexity index is 1030. The highest BCUT2D eigenvalue weighted by Crippen LogP contribution is 2.25. The molecule has 158 valence electrons. The molecule has 1 aliphatic rings. The second kappa shape index (κ2) is 9.39. The van der Waals surface area contributed by atoms with Crippen molar-refractivity contribution in [3.63, 3.8) is 0 Å². The molecular formula is C23H24ClF2N3O. The van der Waals surface area contributed by atoms with E-state index in [2.05, 4.69) is 29.7 Å². The lowest BCUT2D eigenvalue weighted by atomic mass is 9.91. The van der Waals surface area contributed by atoms with Crippen LogP contribution in [0.4, 0.5) is 14.6 Å². The summed E-state index contributed by atoms with van der Waals surface area (Å²) in [5.74, 6) is -1.52. The first-order valence-electron chi connectivity index (χ1n) is 9.89. The number of halogens is 3. The van der Waals surface area contributed by atoms with Gasteiger partial charge in [-0.3, -0.25) is 4.79 Å². The number of nitrogens with one attached hydrogen (secondary N) is 2. The molecule has 1 aromatic heterocycles. The van der Waals surface area contributed by atoms with Gasteiger partial charge in [-0.1, -0.05) is 24.3 Å². The van der Waals surface area contributed by atoms with E-state index in [9.17, 15) is 13.6 Å². The van der Waals surface area contributed by atoms with Gasteiger partial charge in [-0.25, -0.2) is 13.8 Å². The molecule has 0 spiro atoms. The van der Waals surface area contributed by atoms with Crippen molar-refractivity contribution in [3.8, 4) is 0 Å². The monoisotopic (exact) mass is 431 g/mol. The second-order valence-corrected chi connectivity index (χ2v) is 7.60. The summed E-state index contributed by atoms with van der Waals surface area (Å²) >= 11 is 0. The summed E-state index contributed by atoms with van der Waals surface area (Å²) < 4.78 is 27.6. The number of rotatable bonds is 4. The fraction of sp³-hybridized carbons (Fsp3) is 0.304. The van der Waals surface area contributed by atoms with Gasteiger partial charge in [0.15, 0.2) is 0 Å². The molecule has 2 N–H and O–H groups in total. The average Bonchev–Trinajstić information content (AvgIpc) is 2.69. The molecule has 0 aliphatic heterocycles. The van der Waals surface area contributed by atoms with Crippen molar-refractivity contribution in [2.45, 2.75) is 44.7 Å². The standard InChI is InChI=1S/C23H23F2N3O.ClH/c1-14-13-21(28-20-8-3-2-5-17(14)20)26-15-9-11-16(12-10-15)27-23(29)22-18(24)6-4-7-19(22)25;/h2-8,13,15-16H,9-12H2,1H3,(H,26,28)(H,27,29);1H/t15-,16+;. The molecule has 1 saturated carbocycles. The van der Waals surface area contributed by atoms with Crippen LogP contribution in [0.25, 0.3) is 10.9 Å². The van der Waals surface area contributed by atoms with Crippen molar-refractivity contribution in [2.75, 3.05) is 5.32 Å². The van der Waals surface area contributed by atoms with Crippen LogP contribution in [0.15, 0.2) is 48.5 Å². The van der Waals surface area contributed by atoms with Crippen molar-refractivity contribution in [2.24, 2.45) is 0 Å². The van der Waals surface area contributed by atoms with Crippen LogP contribution in [-0.2, 0) is 0 Å². The quantitative estimate of drug-likeness (QED) is 0.581. The molecule has 0 bridgehead atoms. The van der Waals surface area contributed by atoms with Crippen LogP contribution >= 0.6 is 12.4 Å². The highest BCUT2D eigenvalue weighted by atomic mass is 35.5. The molecule has 0 atom stereocenters. The number of fused-ring (bicyclic) bond motifs is 1. The number of hydrogen-bond acceptors (Lipinski definition) is 3. The van der Waals surface area contributed by atoms with Gasteiger partial charge in [-0.2, -0.15) is 0 Å². The van der Waals surface area contributed by atoms with E-state index >= 15 is 0 Å². The van der Waals surface area contributed by atoms with Crippen molar-refractivity contribution in [3.05, 3.63) is 71.3 Å². The highest BCUT2D eigenvalue weighted by Gasteiger charge is 2.25. The van der Waals surface area contributed by atoms with E-state index in [1.807, 2.05) is 18.2 Å². The van der Waals surface area contributed by atoms with Crippen LogP contribution in [0, 0.1) is 18.6 Å². The Balaban J connectivity index is 0.00000256. The Kier molecular flexibility index (Phi) is 6.87. The number of aryl methyl sites for hydroxylation is 1. The maximum Gasteiger partial charge on any atom is 0.257 e. The van der Waals surface area contributed by atoms with Crippen LogP contribution < -0.4 is 10.6 Å². The van der Waals surface area contributed by atoms with Crippen LogP contribution in [0.5, 0.6) is 0 Å². The van der Waals surface area contributed by atoms with Gasteiger partial charge >= 0.3 is 0 Å². The maximum absolute atomic E-state index is 13.8. The minimum absolute atomic E-state index is 0. The van der Waals surface area contributed by atoms with Gasteiger partial charge in [0.05, 0.1) is 5.52 Å². The van der Waals surface area contributed by atoms with Crippen LogP contribution in [-0.4, -0.2) is 23.0 Å². The van der Waals surface area contributed by atoms with Crippen molar-refractivity contribution in [1.82, 2.24) is 10.3 Å².